The minimum absolute atomic E-state index is 0.222. The van der Waals surface area contributed by atoms with Crippen molar-refractivity contribution in [1.29, 1.82) is 0 Å². The molecule has 0 aliphatic carbocycles. The van der Waals surface area contributed by atoms with Gasteiger partial charge in [-0.25, -0.2) is 0 Å². The van der Waals surface area contributed by atoms with Crippen molar-refractivity contribution in [3.63, 3.8) is 0 Å². The Morgan fingerprint density at radius 1 is 0.882 bits per heavy atom. The van der Waals surface area contributed by atoms with E-state index < -0.39 is 0 Å². The van der Waals surface area contributed by atoms with Crippen LogP contribution in [0.4, 0.5) is 0 Å². The van der Waals surface area contributed by atoms with Crippen LogP contribution < -0.4 is 5.73 Å². The van der Waals surface area contributed by atoms with Crippen LogP contribution >= 0.6 is 0 Å². The van der Waals surface area contributed by atoms with Crippen molar-refractivity contribution in [2.45, 2.75) is 26.3 Å². The summed E-state index contributed by atoms with van der Waals surface area (Å²) in [6.07, 6.45) is 0.939. The zero-order valence-corrected chi connectivity index (χ0v) is 10.5. The summed E-state index contributed by atoms with van der Waals surface area (Å²) in [5.74, 6) is 0. The lowest BCUT2D eigenvalue weighted by atomic mass is 10.0. The van der Waals surface area contributed by atoms with Crippen LogP contribution in [0.2, 0.25) is 0 Å². The van der Waals surface area contributed by atoms with E-state index in [0.717, 1.165) is 6.42 Å². The summed E-state index contributed by atoms with van der Waals surface area (Å²) in [6.45, 7) is 4.14. The molecule has 0 heterocycles. The molecule has 1 unspecified atom stereocenters. The van der Waals surface area contributed by atoms with E-state index in [9.17, 15) is 0 Å². The zero-order valence-electron chi connectivity index (χ0n) is 10.5. The molecule has 1 heteroatoms. The summed E-state index contributed by atoms with van der Waals surface area (Å²) >= 11 is 0. The van der Waals surface area contributed by atoms with E-state index in [1.54, 1.807) is 0 Å². The van der Waals surface area contributed by atoms with E-state index in [1.807, 2.05) is 6.92 Å². The Morgan fingerprint density at radius 3 is 1.82 bits per heavy atom. The number of benzene rings is 2. The van der Waals surface area contributed by atoms with Gasteiger partial charge in [0, 0.05) is 6.04 Å². The molecule has 2 aromatic carbocycles. The Morgan fingerprint density at radius 2 is 1.35 bits per heavy atom. The number of hydrogen-bond acceptors (Lipinski definition) is 1. The molecule has 1 nitrogen and oxygen atoms in total. The Balaban J connectivity index is 2.20. The van der Waals surface area contributed by atoms with Gasteiger partial charge in [0.2, 0.25) is 0 Å². The Bertz CT molecular complexity index is 466. The highest BCUT2D eigenvalue weighted by Crippen LogP contribution is 2.20. The number of aryl methyl sites for hydroxylation is 1. The van der Waals surface area contributed by atoms with Crippen molar-refractivity contribution in [1.82, 2.24) is 0 Å². The molecule has 88 valence electrons. The first-order valence-corrected chi connectivity index (χ1v) is 6.07. The molecule has 2 N–H and O–H groups in total. The highest BCUT2D eigenvalue weighted by atomic mass is 14.6. The first kappa shape index (κ1) is 11.9. The minimum atomic E-state index is 0.222. The number of nitrogens with two attached hydrogens (primary N) is 1. The average molecular weight is 225 g/mol. The molecule has 0 saturated heterocycles. The van der Waals surface area contributed by atoms with Gasteiger partial charge < -0.3 is 5.73 Å². The van der Waals surface area contributed by atoms with Gasteiger partial charge >= 0.3 is 0 Å². The standard InChI is InChI=1S/C16H19N/c1-12-3-7-15(8-4-12)16-9-5-14(6-10-16)11-13(2)17/h3-10,13H,11,17H2,1-2H3. The summed E-state index contributed by atoms with van der Waals surface area (Å²) in [7, 11) is 0. The molecule has 2 aromatic rings. The van der Waals surface area contributed by atoms with Crippen molar-refractivity contribution in [3.05, 3.63) is 59.7 Å². The molecule has 0 bridgehead atoms. The van der Waals surface area contributed by atoms with Crippen LogP contribution in [0.25, 0.3) is 11.1 Å². The van der Waals surface area contributed by atoms with Crippen LogP contribution in [0.15, 0.2) is 48.5 Å². The van der Waals surface area contributed by atoms with Crippen LogP contribution in [-0.4, -0.2) is 6.04 Å². The predicted octanol–water partition coefficient (Wildman–Crippen LogP) is 3.55. The molecular weight excluding hydrogens is 206 g/mol. The van der Waals surface area contributed by atoms with E-state index in [4.69, 9.17) is 5.73 Å². The van der Waals surface area contributed by atoms with Crippen LogP contribution in [0.5, 0.6) is 0 Å². The van der Waals surface area contributed by atoms with Gasteiger partial charge in [-0.3, -0.25) is 0 Å². The summed E-state index contributed by atoms with van der Waals surface area (Å²) in [4.78, 5) is 0. The maximum absolute atomic E-state index is 5.79. The van der Waals surface area contributed by atoms with Crippen LogP contribution in [-0.2, 0) is 6.42 Å². The number of rotatable bonds is 3. The van der Waals surface area contributed by atoms with Gasteiger partial charge in [-0.1, -0.05) is 54.1 Å². The largest absolute Gasteiger partial charge is 0.328 e. The van der Waals surface area contributed by atoms with Crippen molar-refractivity contribution in [2.75, 3.05) is 0 Å². The smallest absolute Gasteiger partial charge is 0.00509 e. The van der Waals surface area contributed by atoms with E-state index in [2.05, 4.69) is 55.5 Å². The Kier molecular flexibility index (Phi) is 3.60. The second kappa shape index (κ2) is 5.15. The van der Waals surface area contributed by atoms with Gasteiger partial charge in [0.05, 0.1) is 0 Å². The monoisotopic (exact) mass is 225 g/mol. The highest BCUT2D eigenvalue weighted by Gasteiger charge is 2.00. The molecule has 0 spiro atoms. The molecule has 0 aliphatic heterocycles. The van der Waals surface area contributed by atoms with Crippen molar-refractivity contribution >= 4 is 0 Å². The van der Waals surface area contributed by atoms with E-state index in [-0.39, 0.29) is 6.04 Å². The second-order valence-electron chi connectivity index (χ2n) is 4.74. The fourth-order valence-electron chi connectivity index (χ4n) is 1.95. The van der Waals surface area contributed by atoms with Gasteiger partial charge in [0.25, 0.3) is 0 Å². The van der Waals surface area contributed by atoms with Crippen LogP contribution in [0, 0.1) is 6.92 Å². The maximum Gasteiger partial charge on any atom is 0.00509 e. The molecule has 2 rings (SSSR count). The van der Waals surface area contributed by atoms with E-state index in [1.165, 1.54) is 22.3 Å². The first-order chi connectivity index (χ1) is 8.15. The fraction of sp³-hybridized carbons (Fsp3) is 0.250. The minimum Gasteiger partial charge on any atom is -0.328 e. The van der Waals surface area contributed by atoms with Crippen molar-refractivity contribution < 1.29 is 0 Å². The quantitative estimate of drug-likeness (QED) is 0.849. The lowest BCUT2D eigenvalue weighted by molar-refractivity contribution is 0.738. The first-order valence-electron chi connectivity index (χ1n) is 6.07. The molecule has 17 heavy (non-hydrogen) atoms. The molecule has 0 saturated carbocycles. The predicted molar refractivity (Wildman–Crippen MR) is 74.0 cm³/mol. The topological polar surface area (TPSA) is 26.0 Å². The lowest BCUT2D eigenvalue weighted by Crippen LogP contribution is -2.17. The third-order valence-electron chi connectivity index (χ3n) is 2.90. The summed E-state index contributed by atoms with van der Waals surface area (Å²) in [5.41, 5.74) is 10.9. The van der Waals surface area contributed by atoms with Crippen molar-refractivity contribution in [2.24, 2.45) is 5.73 Å². The maximum atomic E-state index is 5.79. The van der Waals surface area contributed by atoms with Gasteiger partial charge in [0.1, 0.15) is 0 Å². The number of hydrogen-bond donors (Lipinski definition) is 1. The van der Waals surface area contributed by atoms with Gasteiger partial charge in [0.15, 0.2) is 0 Å². The zero-order chi connectivity index (χ0) is 12.3. The molecule has 0 aromatic heterocycles. The van der Waals surface area contributed by atoms with Gasteiger partial charge in [-0.15, -0.1) is 0 Å². The average Bonchev–Trinajstić information content (AvgIpc) is 2.30. The van der Waals surface area contributed by atoms with E-state index in [0.29, 0.717) is 0 Å². The van der Waals surface area contributed by atoms with Crippen molar-refractivity contribution in [3.8, 4) is 11.1 Å². The summed E-state index contributed by atoms with van der Waals surface area (Å²) in [5, 5.41) is 0. The second-order valence-corrected chi connectivity index (χ2v) is 4.74. The molecule has 0 fully saturated rings. The fourth-order valence-corrected chi connectivity index (χ4v) is 1.95. The van der Waals surface area contributed by atoms with Gasteiger partial charge in [-0.05, 0) is 37.0 Å². The SMILES string of the molecule is Cc1ccc(-c2ccc(CC(C)N)cc2)cc1. The van der Waals surface area contributed by atoms with Gasteiger partial charge in [-0.2, -0.15) is 0 Å². The third-order valence-corrected chi connectivity index (χ3v) is 2.90. The summed E-state index contributed by atoms with van der Waals surface area (Å²) in [6, 6.07) is 17.5. The third kappa shape index (κ3) is 3.18. The van der Waals surface area contributed by atoms with E-state index >= 15 is 0 Å². The van der Waals surface area contributed by atoms with Crippen LogP contribution in [0.1, 0.15) is 18.1 Å². The molecule has 0 amide bonds. The highest BCUT2D eigenvalue weighted by molar-refractivity contribution is 5.63. The Labute approximate surface area is 103 Å². The molecular formula is C16H19N. The lowest BCUT2D eigenvalue weighted by Gasteiger charge is -2.07. The summed E-state index contributed by atoms with van der Waals surface area (Å²) < 4.78 is 0. The molecule has 1 atom stereocenters. The molecule has 0 radical (unpaired) electrons. The molecule has 0 aliphatic rings. The Hall–Kier alpha value is -1.60. The normalized spacial score (nSPS) is 12.4. The van der Waals surface area contributed by atoms with Crippen LogP contribution in [0.3, 0.4) is 0 Å².